The Morgan fingerprint density at radius 2 is 2.38 bits per heavy atom. The Labute approximate surface area is 54.0 Å². The minimum atomic E-state index is 0.135. The zero-order valence-electron chi connectivity index (χ0n) is 4.69. The van der Waals surface area contributed by atoms with Crippen LogP contribution in [0.3, 0.4) is 0 Å². The third-order valence-electron chi connectivity index (χ3n) is 1.42. The molecule has 0 radical (unpaired) electrons. The summed E-state index contributed by atoms with van der Waals surface area (Å²) in [6.07, 6.45) is 3.37. The van der Waals surface area contributed by atoms with E-state index in [0.717, 1.165) is 19.3 Å². The molecule has 8 heavy (non-hydrogen) atoms. The van der Waals surface area contributed by atoms with E-state index in [1.165, 1.54) is 0 Å². The Morgan fingerprint density at radius 3 is 2.75 bits per heavy atom. The molecule has 0 aliphatic heterocycles. The molecule has 0 aromatic carbocycles. The van der Waals surface area contributed by atoms with Crippen LogP contribution in [0.15, 0.2) is 0 Å². The highest BCUT2D eigenvalue weighted by molar-refractivity contribution is 6.22. The lowest BCUT2D eigenvalue weighted by atomic mass is 9.99. The Hall–Kier alpha value is -0.0400. The molecule has 0 spiro atoms. The number of Topliss-reactive ketones (excluding diaryl/α,β-unsaturated/α-hetero) is 1. The lowest BCUT2D eigenvalue weighted by Gasteiger charge is -2.12. The average Bonchev–Trinajstić information content (AvgIpc) is 1.64. The third-order valence-corrected chi connectivity index (χ3v) is 1.79. The van der Waals surface area contributed by atoms with Gasteiger partial charge in [0.05, 0.1) is 0 Å². The first-order chi connectivity index (χ1) is 3.79. The molecule has 0 heterocycles. The molecule has 0 saturated heterocycles. The van der Waals surface area contributed by atoms with Gasteiger partial charge in [-0.05, 0) is 12.8 Å². The van der Waals surface area contributed by atoms with Gasteiger partial charge < -0.3 is 0 Å². The zero-order valence-corrected chi connectivity index (χ0v) is 5.45. The van der Waals surface area contributed by atoms with Crippen LogP contribution < -0.4 is 0 Å². The van der Waals surface area contributed by atoms with Crippen molar-refractivity contribution in [2.45, 2.75) is 31.1 Å². The smallest absolute Gasteiger partial charge is 0.134 e. The summed E-state index contributed by atoms with van der Waals surface area (Å²) in [5, 5.41) is 0.135. The second-order valence-corrected chi connectivity index (χ2v) is 2.85. The topological polar surface area (TPSA) is 17.1 Å². The number of carbonyl (C=O) groups is 1. The number of carbonyl (C=O) groups excluding carboxylic acids is 1. The molecule has 46 valence electrons. The molecule has 0 N–H and O–H groups in total. The highest BCUT2D eigenvalue weighted by Gasteiger charge is 2.15. The van der Waals surface area contributed by atoms with E-state index in [0.29, 0.717) is 12.2 Å². The van der Waals surface area contributed by atoms with Crippen molar-refractivity contribution in [1.82, 2.24) is 0 Å². The Kier molecular flexibility index (Phi) is 1.90. The number of halogens is 1. The van der Waals surface area contributed by atoms with Gasteiger partial charge in [-0.25, -0.2) is 0 Å². The molecule has 2 heteroatoms. The molecule has 1 aliphatic carbocycles. The molecule has 1 aliphatic rings. The van der Waals surface area contributed by atoms with E-state index in [1.807, 2.05) is 0 Å². The minimum absolute atomic E-state index is 0.135. The maximum absolute atomic E-state index is 10.6. The molecule has 1 fully saturated rings. The van der Waals surface area contributed by atoms with Crippen molar-refractivity contribution >= 4 is 17.4 Å². The quantitative estimate of drug-likeness (QED) is 0.459. The Morgan fingerprint density at radius 1 is 1.62 bits per heavy atom. The highest BCUT2D eigenvalue weighted by atomic mass is 35.5. The summed E-state index contributed by atoms with van der Waals surface area (Å²) >= 11 is 5.69. The summed E-state index contributed by atoms with van der Waals surface area (Å²) in [5.74, 6) is 0.330. The van der Waals surface area contributed by atoms with Crippen LogP contribution in [0.1, 0.15) is 25.7 Å². The van der Waals surface area contributed by atoms with Crippen LogP contribution >= 0.6 is 11.6 Å². The second-order valence-electron chi connectivity index (χ2n) is 2.23. The minimum Gasteiger partial charge on any atom is -0.300 e. The predicted molar refractivity (Wildman–Crippen MR) is 33.1 cm³/mol. The maximum Gasteiger partial charge on any atom is 0.134 e. The highest BCUT2D eigenvalue weighted by Crippen LogP contribution is 2.18. The average molecular weight is 133 g/mol. The van der Waals surface area contributed by atoms with Crippen molar-refractivity contribution in [3.05, 3.63) is 0 Å². The molecule has 0 aromatic rings. The zero-order chi connectivity index (χ0) is 5.98. The first-order valence-electron chi connectivity index (χ1n) is 2.95. The summed E-state index contributed by atoms with van der Waals surface area (Å²) in [5.41, 5.74) is 0. The van der Waals surface area contributed by atoms with Crippen molar-refractivity contribution < 1.29 is 4.79 Å². The van der Waals surface area contributed by atoms with Crippen molar-refractivity contribution in [3.63, 3.8) is 0 Å². The molecule has 0 amide bonds. The number of alkyl halides is 1. The molecule has 1 rings (SSSR count). The monoisotopic (exact) mass is 132 g/mol. The summed E-state index contributed by atoms with van der Waals surface area (Å²) in [4.78, 5) is 10.6. The largest absolute Gasteiger partial charge is 0.300 e. The van der Waals surface area contributed by atoms with E-state index in [2.05, 4.69) is 0 Å². The molecule has 0 bridgehead atoms. The van der Waals surface area contributed by atoms with Crippen LogP contribution in [0.25, 0.3) is 0 Å². The molecule has 0 unspecified atom stereocenters. The van der Waals surface area contributed by atoms with E-state index in [9.17, 15) is 4.79 Å². The van der Waals surface area contributed by atoms with Crippen LogP contribution in [0.2, 0.25) is 0 Å². The standard InChI is InChI=1S/C6H9ClO/c7-5-2-1-3-6(8)4-5/h5H,1-4H2/t5-/m0/s1. The van der Waals surface area contributed by atoms with Gasteiger partial charge >= 0.3 is 0 Å². The summed E-state index contributed by atoms with van der Waals surface area (Å²) in [7, 11) is 0. The van der Waals surface area contributed by atoms with Gasteiger partial charge in [0.15, 0.2) is 0 Å². The van der Waals surface area contributed by atoms with Gasteiger partial charge in [0.1, 0.15) is 5.78 Å². The number of hydrogen-bond acceptors (Lipinski definition) is 1. The van der Waals surface area contributed by atoms with Gasteiger partial charge in [-0.3, -0.25) is 4.79 Å². The van der Waals surface area contributed by atoms with Crippen LogP contribution in [0.5, 0.6) is 0 Å². The van der Waals surface area contributed by atoms with Crippen molar-refractivity contribution in [1.29, 1.82) is 0 Å². The summed E-state index contributed by atoms with van der Waals surface area (Å²) in [6.45, 7) is 0. The Bertz CT molecular complexity index is 101. The SMILES string of the molecule is O=C1CCC[C@H](Cl)C1. The second kappa shape index (κ2) is 2.49. The van der Waals surface area contributed by atoms with Crippen LogP contribution in [-0.4, -0.2) is 11.2 Å². The van der Waals surface area contributed by atoms with Gasteiger partial charge in [-0.1, -0.05) is 0 Å². The van der Waals surface area contributed by atoms with Crippen molar-refractivity contribution in [2.75, 3.05) is 0 Å². The van der Waals surface area contributed by atoms with E-state index in [4.69, 9.17) is 11.6 Å². The van der Waals surface area contributed by atoms with E-state index in [1.54, 1.807) is 0 Å². The van der Waals surface area contributed by atoms with Gasteiger partial charge in [0.25, 0.3) is 0 Å². The molecule has 1 atom stereocenters. The van der Waals surface area contributed by atoms with E-state index < -0.39 is 0 Å². The number of ketones is 1. The predicted octanol–water partition coefficient (Wildman–Crippen LogP) is 1.74. The number of rotatable bonds is 0. The summed E-state index contributed by atoms with van der Waals surface area (Å²) < 4.78 is 0. The van der Waals surface area contributed by atoms with Crippen molar-refractivity contribution in [2.24, 2.45) is 0 Å². The molecular formula is C6H9ClO. The van der Waals surface area contributed by atoms with Gasteiger partial charge in [0.2, 0.25) is 0 Å². The van der Waals surface area contributed by atoms with Crippen LogP contribution in [-0.2, 0) is 4.79 Å². The van der Waals surface area contributed by atoms with Crippen LogP contribution in [0, 0.1) is 0 Å². The van der Waals surface area contributed by atoms with Gasteiger partial charge in [-0.2, -0.15) is 0 Å². The fourth-order valence-electron chi connectivity index (χ4n) is 0.972. The fraction of sp³-hybridized carbons (Fsp3) is 0.833. The van der Waals surface area contributed by atoms with Gasteiger partial charge in [-0.15, -0.1) is 11.6 Å². The van der Waals surface area contributed by atoms with E-state index in [-0.39, 0.29) is 5.38 Å². The lowest BCUT2D eigenvalue weighted by Crippen LogP contribution is -2.13. The van der Waals surface area contributed by atoms with Gasteiger partial charge in [0, 0.05) is 18.2 Å². The van der Waals surface area contributed by atoms with Crippen molar-refractivity contribution in [3.8, 4) is 0 Å². The Balaban J connectivity index is 2.34. The summed E-state index contributed by atoms with van der Waals surface area (Å²) in [6, 6.07) is 0. The molecular weight excluding hydrogens is 124 g/mol. The first kappa shape index (κ1) is 6.09. The molecule has 1 nitrogen and oxygen atoms in total. The third kappa shape index (κ3) is 1.48. The lowest BCUT2D eigenvalue weighted by molar-refractivity contribution is -0.120. The first-order valence-corrected chi connectivity index (χ1v) is 3.38. The maximum atomic E-state index is 10.6. The normalized spacial score (nSPS) is 30.6. The van der Waals surface area contributed by atoms with E-state index >= 15 is 0 Å². The fourth-order valence-corrected chi connectivity index (χ4v) is 1.30. The molecule has 1 saturated carbocycles. The number of hydrogen-bond donors (Lipinski definition) is 0. The van der Waals surface area contributed by atoms with Crippen LogP contribution in [0.4, 0.5) is 0 Å². The molecule has 0 aromatic heterocycles.